The number of hydrogen-bond acceptors (Lipinski definition) is 2. The van der Waals surface area contributed by atoms with Gasteiger partial charge in [-0.3, -0.25) is 4.79 Å². The van der Waals surface area contributed by atoms with Crippen molar-refractivity contribution in [2.24, 2.45) is 5.73 Å². The summed E-state index contributed by atoms with van der Waals surface area (Å²) >= 11 is 4.86. The molecular weight excluding hydrogens is 174 g/mol. The number of thiocarbonyl (C=S) groups is 1. The van der Waals surface area contributed by atoms with Crippen LogP contribution in [0.15, 0.2) is 0 Å². The summed E-state index contributed by atoms with van der Waals surface area (Å²) in [6, 6.07) is 0. The summed E-state index contributed by atoms with van der Waals surface area (Å²) in [5, 5.41) is 6.13. The van der Waals surface area contributed by atoms with Crippen LogP contribution in [0.25, 0.3) is 0 Å². The number of unbranched alkanes of at least 4 members (excludes halogenated alkanes) is 1. The molecule has 0 aliphatic heterocycles. The van der Waals surface area contributed by atoms with Gasteiger partial charge in [0.15, 0.2) is 5.11 Å². The van der Waals surface area contributed by atoms with Crippen LogP contribution in [-0.2, 0) is 4.79 Å². The molecule has 4 N–H and O–H groups in total. The number of carbonyl (C=O) groups is 1. The molecule has 0 spiro atoms. The van der Waals surface area contributed by atoms with Crippen LogP contribution in [0.5, 0.6) is 0 Å². The summed E-state index contributed by atoms with van der Waals surface area (Å²) < 4.78 is 0. The fourth-order valence-electron chi connectivity index (χ4n) is 0.609. The lowest BCUT2D eigenvalue weighted by molar-refractivity contribution is -0.116. The maximum Gasteiger partial charge on any atom is 0.236 e. The maximum atomic E-state index is 10.3. The molecular formula is C7H15N3OS. The monoisotopic (exact) mass is 189 g/mol. The van der Waals surface area contributed by atoms with Gasteiger partial charge in [0.1, 0.15) is 0 Å². The highest BCUT2D eigenvalue weighted by atomic mass is 32.1. The van der Waals surface area contributed by atoms with E-state index in [1.807, 2.05) is 0 Å². The van der Waals surface area contributed by atoms with Crippen LogP contribution in [0, 0.1) is 0 Å². The van der Waals surface area contributed by atoms with Crippen molar-refractivity contribution in [1.29, 1.82) is 0 Å². The Hall–Kier alpha value is -0.840. The summed E-state index contributed by atoms with van der Waals surface area (Å²) in [5.41, 5.74) is 4.91. The van der Waals surface area contributed by atoms with Gasteiger partial charge in [0.05, 0.1) is 6.54 Å². The molecule has 5 heteroatoms. The minimum absolute atomic E-state index is 0.0952. The second-order valence-corrected chi connectivity index (χ2v) is 2.84. The van der Waals surface area contributed by atoms with E-state index in [2.05, 4.69) is 17.6 Å². The summed E-state index contributed by atoms with van der Waals surface area (Å²) in [4.78, 5) is 10.3. The van der Waals surface area contributed by atoms with E-state index in [4.69, 9.17) is 18.0 Å². The van der Waals surface area contributed by atoms with Gasteiger partial charge in [-0.1, -0.05) is 13.3 Å². The van der Waals surface area contributed by atoms with Crippen molar-refractivity contribution in [1.82, 2.24) is 10.6 Å². The first-order valence-corrected chi connectivity index (χ1v) is 4.37. The molecule has 4 nitrogen and oxygen atoms in total. The second kappa shape index (κ2) is 6.84. The van der Waals surface area contributed by atoms with E-state index in [9.17, 15) is 4.79 Å². The van der Waals surface area contributed by atoms with Crippen molar-refractivity contribution >= 4 is 23.2 Å². The highest BCUT2D eigenvalue weighted by molar-refractivity contribution is 7.80. The first kappa shape index (κ1) is 11.2. The Balaban J connectivity index is 3.28. The third kappa shape index (κ3) is 7.27. The predicted molar refractivity (Wildman–Crippen MR) is 52.7 cm³/mol. The minimum Gasteiger partial charge on any atom is -0.368 e. The van der Waals surface area contributed by atoms with Crippen LogP contribution >= 0.6 is 12.2 Å². The van der Waals surface area contributed by atoms with Crippen molar-refractivity contribution < 1.29 is 4.79 Å². The molecule has 0 heterocycles. The van der Waals surface area contributed by atoms with E-state index in [0.29, 0.717) is 5.11 Å². The smallest absolute Gasteiger partial charge is 0.236 e. The Labute approximate surface area is 77.9 Å². The van der Waals surface area contributed by atoms with Crippen LogP contribution in [0.2, 0.25) is 0 Å². The molecule has 0 saturated heterocycles. The predicted octanol–water partition coefficient (Wildman–Crippen LogP) is -0.264. The van der Waals surface area contributed by atoms with Gasteiger partial charge in [-0.05, 0) is 18.6 Å². The molecule has 0 aliphatic carbocycles. The van der Waals surface area contributed by atoms with Gasteiger partial charge in [0.25, 0.3) is 0 Å². The molecule has 0 aromatic carbocycles. The lowest BCUT2D eigenvalue weighted by Gasteiger charge is -2.07. The largest absolute Gasteiger partial charge is 0.368 e. The van der Waals surface area contributed by atoms with Crippen LogP contribution < -0.4 is 16.4 Å². The zero-order valence-electron chi connectivity index (χ0n) is 7.22. The topological polar surface area (TPSA) is 67.2 Å². The molecule has 0 aromatic rings. The SMILES string of the molecule is CCCCNC(=S)NCC(N)=O. The fourth-order valence-corrected chi connectivity index (χ4v) is 0.783. The maximum absolute atomic E-state index is 10.3. The first-order valence-electron chi connectivity index (χ1n) is 3.96. The highest BCUT2D eigenvalue weighted by Gasteiger charge is 1.95. The van der Waals surface area contributed by atoms with Gasteiger partial charge < -0.3 is 16.4 Å². The highest BCUT2D eigenvalue weighted by Crippen LogP contribution is 1.81. The van der Waals surface area contributed by atoms with E-state index < -0.39 is 5.91 Å². The van der Waals surface area contributed by atoms with Gasteiger partial charge in [-0.2, -0.15) is 0 Å². The standard InChI is InChI=1S/C7H15N3OS/c1-2-3-4-9-7(12)10-5-6(8)11/h2-5H2,1H3,(H2,8,11)(H2,9,10,12). The van der Waals surface area contributed by atoms with E-state index in [-0.39, 0.29) is 6.54 Å². The van der Waals surface area contributed by atoms with Gasteiger partial charge >= 0.3 is 0 Å². The zero-order valence-corrected chi connectivity index (χ0v) is 8.04. The van der Waals surface area contributed by atoms with Crippen molar-refractivity contribution in [2.45, 2.75) is 19.8 Å². The van der Waals surface area contributed by atoms with Crippen LogP contribution in [0.3, 0.4) is 0 Å². The molecule has 70 valence electrons. The van der Waals surface area contributed by atoms with E-state index in [1.165, 1.54) is 0 Å². The lowest BCUT2D eigenvalue weighted by Crippen LogP contribution is -2.40. The molecule has 0 bridgehead atoms. The number of primary amides is 1. The van der Waals surface area contributed by atoms with Crippen molar-refractivity contribution in [3.63, 3.8) is 0 Å². The number of nitrogens with two attached hydrogens (primary N) is 1. The zero-order chi connectivity index (χ0) is 9.40. The lowest BCUT2D eigenvalue weighted by atomic mass is 10.3. The quantitative estimate of drug-likeness (QED) is 0.411. The molecule has 0 unspecified atom stereocenters. The van der Waals surface area contributed by atoms with E-state index >= 15 is 0 Å². The summed E-state index contributed by atoms with van der Waals surface area (Å²) in [5.74, 6) is -0.408. The summed E-state index contributed by atoms with van der Waals surface area (Å²) in [6.07, 6.45) is 2.18. The van der Waals surface area contributed by atoms with Crippen LogP contribution in [-0.4, -0.2) is 24.1 Å². The van der Waals surface area contributed by atoms with Gasteiger partial charge in [0, 0.05) is 6.54 Å². The van der Waals surface area contributed by atoms with Crippen molar-refractivity contribution in [3.05, 3.63) is 0 Å². The molecule has 0 saturated carbocycles. The summed E-state index contributed by atoms with van der Waals surface area (Å²) in [6.45, 7) is 3.03. The normalized spacial score (nSPS) is 9.08. The average Bonchev–Trinajstić information content (AvgIpc) is 2.01. The molecule has 0 rings (SSSR count). The Morgan fingerprint density at radius 1 is 1.50 bits per heavy atom. The Morgan fingerprint density at radius 2 is 2.17 bits per heavy atom. The molecule has 0 aliphatic rings. The Bertz CT molecular complexity index is 161. The third-order valence-electron chi connectivity index (χ3n) is 1.24. The van der Waals surface area contributed by atoms with Gasteiger partial charge in [-0.15, -0.1) is 0 Å². The minimum atomic E-state index is -0.408. The molecule has 12 heavy (non-hydrogen) atoms. The molecule has 1 amide bonds. The van der Waals surface area contributed by atoms with Gasteiger partial charge in [-0.25, -0.2) is 0 Å². The third-order valence-corrected chi connectivity index (χ3v) is 1.53. The van der Waals surface area contributed by atoms with E-state index in [1.54, 1.807) is 0 Å². The molecule has 0 fully saturated rings. The van der Waals surface area contributed by atoms with Crippen LogP contribution in [0.1, 0.15) is 19.8 Å². The van der Waals surface area contributed by atoms with Crippen molar-refractivity contribution in [3.8, 4) is 0 Å². The number of nitrogens with one attached hydrogen (secondary N) is 2. The van der Waals surface area contributed by atoms with E-state index in [0.717, 1.165) is 19.4 Å². The summed E-state index contributed by atoms with van der Waals surface area (Å²) in [7, 11) is 0. The first-order chi connectivity index (χ1) is 5.66. The molecule has 0 radical (unpaired) electrons. The number of rotatable bonds is 5. The van der Waals surface area contributed by atoms with Gasteiger partial charge in [0.2, 0.25) is 5.91 Å². The average molecular weight is 189 g/mol. The number of hydrogen-bond donors (Lipinski definition) is 3. The Morgan fingerprint density at radius 3 is 2.67 bits per heavy atom. The van der Waals surface area contributed by atoms with Crippen LogP contribution in [0.4, 0.5) is 0 Å². The number of amides is 1. The molecule has 0 aromatic heterocycles. The number of carbonyl (C=O) groups excluding carboxylic acids is 1. The second-order valence-electron chi connectivity index (χ2n) is 2.43. The van der Waals surface area contributed by atoms with Crippen molar-refractivity contribution in [2.75, 3.05) is 13.1 Å². The molecule has 0 atom stereocenters. The fraction of sp³-hybridized carbons (Fsp3) is 0.714. The Kier molecular flexibility index (Phi) is 6.37.